The zero-order valence-corrected chi connectivity index (χ0v) is 19.8. The van der Waals surface area contributed by atoms with Gasteiger partial charge in [0.15, 0.2) is 0 Å². The van der Waals surface area contributed by atoms with Gasteiger partial charge in [0.2, 0.25) is 0 Å². The molecule has 1 atom stereocenters. The fourth-order valence-corrected chi connectivity index (χ4v) is 4.72. The second kappa shape index (κ2) is 11.1. The molecule has 174 valence electrons. The number of morpholine rings is 1. The fourth-order valence-electron chi connectivity index (χ4n) is 3.70. The van der Waals surface area contributed by atoms with Crippen LogP contribution in [0.3, 0.4) is 0 Å². The van der Waals surface area contributed by atoms with Crippen molar-refractivity contribution in [3.63, 3.8) is 0 Å². The maximum absolute atomic E-state index is 13.4. The summed E-state index contributed by atoms with van der Waals surface area (Å²) in [4.78, 5) is 20.3. The molecule has 0 aliphatic carbocycles. The first-order valence-electron chi connectivity index (χ1n) is 10.7. The molecule has 9 heteroatoms. The number of halogens is 2. The molecular weight excluding hydrogens is 465 g/mol. The van der Waals surface area contributed by atoms with Crippen LogP contribution in [-0.4, -0.2) is 48.6 Å². The maximum Gasteiger partial charge on any atom is 0.263 e. The smallest absolute Gasteiger partial charge is 0.263 e. The molecule has 0 spiro atoms. The molecule has 0 saturated carbocycles. The summed E-state index contributed by atoms with van der Waals surface area (Å²) in [6, 6.07) is 13.5. The van der Waals surface area contributed by atoms with Gasteiger partial charge in [-0.1, -0.05) is 23.7 Å². The summed E-state index contributed by atoms with van der Waals surface area (Å²) in [5, 5.41) is 4.40. The number of nitrogens with one attached hydrogen (secondary N) is 1. The third-order valence-electron chi connectivity index (χ3n) is 5.42. The molecule has 33 heavy (non-hydrogen) atoms. The van der Waals surface area contributed by atoms with E-state index in [1.165, 1.54) is 23.5 Å². The largest absolute Gasteiger partial charge is 0.486 e. The minimum atomic E-state index is -0.280. The van der Waals surface area contributed by atoms with Crippen LogP contribution in [0.2, 0.25) is 5.02 Å². The Kier molecular flexibility index (Phi) is 7.93. The van der Waals surface area contributed by atoms with Crippen LogP contribution in [0.25, 0.3) is 0 Å². The monoisotopic (exact) mass is 489 g/mol. The third kappa shape index (κ3) is 6.29. The molecule has 1 amide bonds. The molecule has 1 fully saturated rings. The first kappa shape index (κ1) is 23.6. The summed E-state index contributed by atoms with van der Waals surface area (Å²) in [7, 11) is 0. The number of hydrogen-bond donors (Lipinski definition) is 1. The number of ether oxygens (including phenoxy) is 2. The van der Waals surface area contributed by atoms with Crippen molar-refractivity contribution in [1.82, 2.24) is 15.2 Å². The zero-order valence-electron chi connectivity index (χ0n) is 18.2. The lowest BCUT2D eigenvalue weighted by molar-refractivity contribution is 0.0162. The average molecular weight is 490 g/mol. The van der Waals surface area contributed by atoms with E-state index in [9.17, 15) is 9.18 Å². The van der Waals surface area contributed by atoms with Crippen molar-refractivity contribution in [3.05, 3.63) is 80.5 Å². The lowest BCUT2D eigenvalue weighted by Crippen LogP contribution is -2.43. The van der Waals surface area contributed by atoms with Crippen LogP contribution in [0.4, 0.5) is 4.39 Å². The van der Waals surface area contributed by atoms with E-state index >= 15 is 0 Å². The number of carbonyl (C=O) groups is 1. The van der Waals surface area contributed by atoms with Crippen molar-refractivity contribution in [2.45, 2.75) is 19.6 Å². The summed E-state index contributed by atoms with van der Waals surface area (Å²) < 4.78 is 24.7. The van der Waals surface area contributed by atoms with Crippen LogP contribution in [0.15, 0.2) is 48.5 Å². The van der Waals surface area contributed by atoms with Crippen LogP contribution in [-0.2, 0) is 11.3 Å². The van der Waals surface area contributed by atoms with E-state index in [1.807, 2.05) is 6.92 Å². The molecule has 0 bridgehead atoms. The Labute approximate surface area is 201 Å². The summed E-state index contributed by atoms with van der Waals surface area (Å²) in [5.41, 5.74) is 1.62. The Bertz CT molecular complexity index is 1070. The number of amides is 1. The third-order valence-corrected chi connectivity index (χ3v) is 6.80. The summed E-state index contributed by atoms with van der Waals surface area (Å²) in [6.07, 6.45) is 0. The van der Waals surface area contributed by atoms with Gasteiger partial charge in [-0.25, -0.2) is 9.37 Å². The predicted molar refractivity (Wildman–Crippen MR) is 127 cm³/mol. The second-order valence-electron chi connectivity index (χ2n) is 7.69. The Morgan fingerprint density at radius 2 is 1.91 bits per heavy atom. The first-order chi connectivity index (χ1) is 16.0. The van der Waals surface area contributed by atoms with Gasteiger partial charge in [0.25, 0.3) is 5.91 Å². The molecule has 3 aromatic rings. The van der Waals surface area contributed by atoms with E-state index in [-0.39, 0.29) is 24.4 Å². The number of thiazole rings is 1. The number of hydrogen-bond acceptors (Lipinski definition) is 6. The highest BCUT2D eigenvalue weighted by atomic mass is 35.5. The maximum atomic E-state index is 13.4. The highest BCUT2D eigenvalue weighted by molar-refractivity contribution is 7.13. The molecular formula is C24H25ClFN3O3S. The molecule has 2 aromatic carbocycles. The van der Waals surface area contributed by atoms with Gasteiger partial charge in [-0.3, -0.25) is 9.69 Å². The number of benzene rings is 2. The number of nitrogens with zero attached hydrogens (tertiary/aromatic N) is 2. The number of aromatic nitrogens is 1. The van der Waals surface area contributed by atoms with E-state index in [0.29, 0.717) is 41.1 Å². The Balaban J connectivity index is 1.40. The van der Waals surface area contributed by atoms with Crippen LogP contribution in [0, 0.1) is 12.7 Å². The fraction of sp³-hybridized carbons (Fsp3) is 0.333. The number of aryl methyl sites for hydroxylation is 1. The first-order valence-corrected chi connectivity index (χ1v) is 11.9. The van der Waals surface area contributed by atoms with Gasteiger partial charge >= 0.3 is 0 Å². The molecule has 1 N–H and O–H groups in total. The van der Waals surface area contributed by atoms with Gasteiger partial charge in [0, 0.05) is 24.7 Å². The van der Waals surface area contributed by atoms with Crippen molar-refractivity contribution in [3.8, 4) is 5.75 Å². The molecule has 1 aliphatic heterocycles. The van der Waals surface area contributed by atoms with E-state index in [1.54, 1.807) is 36.4 Å². The predicted octanol–water partition coefficient (Wildman–Crippen LogP) is 4.63. The van der Waals surface area contributed by atoms with Gasteiger partial charge in [-0.15, -0.1) is 11.3 Å². The highest BCUT2D eigenvalue weighted by Crippen LogP contribution is 2.24. The van der Waals surface area contributed by atoms with E-state index < -0.39 is 0 Å². The molecule has 1 saturated heterocycles. The summed E-state index contributed by atoms with van der Waals surface area (Å²) in [6.45, 7) is 5.27. The van der Waals surface area contributed by atoms with Crippen LogP contribution >= 0.6 is 22.9 Å². The minimum Gasteiger partial charge on any atom is -0.486 e. The quantitative estimate of drug-likeness (QED) is 0.500. The molecule has 6 nitrogen and oxygen atoms in total. The second-order valence-corrected chi connectivity index (χ2v) is 9.21. The van der Waals surface area contributed by atoms with Crippen LogP contribution in [0.5, 0.6) is 5.75 Å². The van der Waals surface area contributed by atoms with Crippen molar-refractivity contribution >= 4 is 28.8 Å². The van der Waals surface area contributed by atoms with Crippen molar-refractivity contribution in [2.75, 3.05) is 32.8 Å². The van der Waals surface area contributed by atoms with Crippen LogP contribution < -0.4 is 10.1 Å². The van der Waals surface area contributed by atoms with Gasteiger partial charge in [-0.05, 0) is 48.9 Å². The Morgan fingerprint density at radius 1 is 1.21 bits per heavy atom. The summed E-state index contributed by atoms with van der Waals surface area (Å²) >= 11 is 7.22. The van der Waals surface area contributed by atoms with Gasteiger partial charge in [0.05, 0.1) is 24.9 Å². The lowest BCUT2D eigenvalue weighted by Gasteiger charge is -2.34. The molecule has 4 rings (SSSR count). The normalized spacial score (nSPS) is 15.2. The average Bonchev–Trinajstić information content (AvgIpc) is 3.21. The lowest BCUT2D eigenvalue weighted by atomic mass is 10.0. The molecule has 0 radical (unpaired) electrons. The van der Waals surface area contributed by atoms with Crippen molar-refractivity contribution < 1.29 is 18.7 Å². The van der Waals surface area contributed by atoms with E-state index in [4.69, 9.17) is 21.1 Å². The SMILES string of the molecule is Cc1nc(COc2ccc(Cl)cc2)sc1C(=O)NCC(c1ccc(F)cc1)N1CCOCC1. The number of rotatable bonds is 8. The van der Waals surface area contributed by atoms with Gasteiger partial charge in [-0.2, -0.15) is 0 Å². The Hall–Kier alpha value is -2.52. The van der Waals surface area contributed by atoms with Gasteiger partial charge in [0.1, 0.15) is 28.1 Å². The topological polar surface area (TPSA) is 63.7 Å². The standard InChI is InChI=1S/C24H25ClFN3O3S/c1-16-23(33-22(28-16)15-32-20-8-4-18(25)5-9-20)24(30)27-14-21(29-10-12-31-13-11-29)17-2-6-19(26)7-3-17/h2-9,21H,10-15H2,1H3,(H,27,30). The van der Waals surface area contributed by atoms with Crippen LogP contribution in [0.1, 0.15) is 32.0 Å². The van der Waals surface area contributed by atoms with E-state index in [0.717, 1.165) is 23.7 Å². The number of carbonyl (C=O) groups excluding carboxylic acids is 1. The highest BCUT2D eigenvalue weighted by Gasteiger charge is 2.24. The molecule has 1 aliphatic rings. The molecule has 2 heterocycles. The van der Waals surface area contributed by atoms with Crippen molar-refractivity contribution in [1.29, 1.82) is 0 Å². The van der Waals surface area contributed by atoms with Crippen molar-refractivity contribution in [2.24, 2.45) is 0 Å². The Morgan fingerprint density at radius 3 is 2.61 bits per heavy atom. The van der Waals surface area contributed by atoms with E-state index in [2.05, 4.69) is 15.2 Å². The minimum absolute atomic E-state index is 0.0700. The molecule has 1 unspecified atom stereocenters. The van der Waals surface area contributed by atoms with Gasteiger partial charge < -0.3 is 14.8 Å². The zero-order chi connectivity index (χ0) is 23.2. The summed E-state index contributed by atoms with van der Waals surface area (Å²) in [5.74, 6) is 0.228. The molecule has 1 aromatic heterocycles.